The number of nitrogens with one attached hydrogen (secondary N) is 2. The monoisotopic (exact) mass is 1080 g/mol. The Morgan fingerprint density at radius 1 is 0.899 bits per heavy atom. The van der Waals surface area contributed by atoms with Crippen LogP contribution in [0, 0.1) is 35.3 Å². The van der Waals surface area contributed by atoms with Crippen molar-refractivity contribution in [3.8, 4) is 29.6 Å². The van der Waals surface area contributed by atoms with Crippen molar-refractivity contribution in [2.45, 2.75) is 126 Å². The first-order valence-corrected chi connectivity index (χ1v) is 28.4. The number of aryl methyl sites for hydroxylation is 1. The second-order valence-corrected chi connectivity index (χ2v) is 23.9. The Morgan fingerprint density at radius 3 is 2.46 bits per heavy atom. The van der Waals surface area contributed by atoms with Crippen molar-refractivity contribution in [2.24, 2.45) is 18.4 Å². The summed E-state index contributed by atoms with van der Waals surface area (Å²) >= 11 is 0. The lowest BCUT2D eigenvalue weighted by Crippen LogP contribution is -2.51. The summed E-state index contributed by atoms with van der Waals surface area (Å²) < 4.78 is 42.5. The van der Waals surface area contributed by atoms with Crippen molar-refractivity contribution in [2.75, 3.05) is 57.3 Å². The molecule has 3 N–H and O–H groups in total. The number of pyridine rings is 1. The summed E-state index contributed by atoms with van der Waals surface area (Å²) in [5, 5.41) is 17.7. The highest BCUT2D eigenvalue weighted by molar-refractivity contribution is 6.02. The number of amides is 3. The molecule has 0 radical (unpaired) electrons. The summed E-state index contributed by atoms with van der Waals surface area (Å²) in [6, 6.07) is 14.6. The highest BCUT2D eigenvalue weighted by Crippen LogP contribution is 2.51. The molecule has 7 aliphatic heterocycles. The van der Waals surface area contributed by atoms with Crippen LogP contribution in [0.5, 0.6) is 6.01 Å². The van der Waals surface area contributed by atoms with Gasteiger partial charge in [-0.1, -0.05) is 36.3 Å². The van der Waals surface area contributed by atoms with Crippen molar-refractivity contribution in [1.82, 2.24) is 49.4 Å². The topological polar surface area (TPSA) is 183 Å². The molecule has 7 fully saturated rings. The van der Waals surface area contributed by atoms with Crippen LogP contribution in [0.15, 0.2) is 59.5 Å². The molecule has 3 amide bonds. The molecule has 17 nitrogen and oxygen atoms in total. The number of anilines is 1. The number of halogens is 2. The van der Waals surface area contributed by atoms with E-state index in [1.165, 1.54) is 10.6 Å². The van der Waals surface area contributed by atoms with Crippen molar-refractivity contribution >= 4 is 56.4 Å². The van der Waals surface area contributed by atoms with Crippen molar-refractivity contribution < 1.29 is 33.0 Å². The van der Waals surface area contributed by atoms with Gasteiger partial charge in [0, 0.05) is 81.5 Å². The van der Waals surface area contributed by atoms with E-state index in [1.54, 1.807) is 40.9 Å². The molecule has 6 aromatic rings. The number of hydrogen-bond acceptors (Lipinski definition) is 12. The third-order valence-corrected chi connectivity index (χ3v) is 19.3. The predicted molar refractivity (Wildman–Crippen MR) is 295 cm³/mol. The minimum absolute atomic E-state index is 0.0202. The normalized spacial score (nSPS) is 25.6. The van der Waals surface area contributed by atoms with Crippen LogP contribution in [0.25, 0.3) is 44.0 Å². The zero-order valence-electron chi connectivity index (χ0n) is 44.7. The number of piperazine rings is 1. The molecule has 5 atom stereocenters. The number of imidazole rings is 1. The van der Waals surface area contributed by atoms with Gasteiger partial charge in [0.2, 0.25) is 11.8 Å². The molecule has 7 saturated heterocycles. The van der Waals surface area contributed by atoms with Crippen LogP contribution < -0.4 is 26.0 Å². The Bertz CT molecular complexity index is 3530. The van der Waals surface area contributed by atoms with E-state index in [0.29, 0.717) is 77.8 Å². The van der Waals surface area contributed by atoms with E-state index in [2.05, 4.69) is 36.2 Å². The molecule has 10 heterocycles. The Hall–Kier alpha value is -7.01. The zero-order valence-corrected chi connectivity index (χ0v) is 44.7. The Morgan fingerprint density at radius 2 is 1.70 bits per heavy atom. The Kier molecular flexibility index (Phi) is 13.2. The molecule has 3 aromatic heterocycles. The molecule has 412 valence electrons. The summed E-state index contributed by atoms with van der Waals surface area (Å²) in [6.45, 7) is 6.34. The maximum Gasteiger partial charge on any atom is 0.407 e. The fourth-order valence-electron chi connectivity index (χ4n) is 15.3. The minimum atomic E-state index is -0.859. The average molecular weight is 1080 g/mol. The number of nitrogens with zero attached hydrogens (tertiary/aromatic N) is 9. The van der Waals surface area contributed by atoms with Crippen LogP contribution in [0.1, 0.15) is 107 Å². The first kappa shape index (κ1) is 51.4. The van der Waals surface area contributed by atoms with E-state index >= 15 is 8.78 Å². The van der Waals surface area contributed by atoms with Gasteiger partial charge in [-0.2, -0.15) is 9.97 Å². The van der Waals surface area contributed by atoms with Gasteiger partial charge in [-0.3, -0.25) is 38.8 Å². The summed E-state index contributed by atoms with van der Waals surface area (Å²) in [5.41, 5.74) is 2.51. The first-order chi connectivity index (χ1) is 38.3. The number of fused-ring (bicyclic) bond motifs is 6. The highest BCUT2D eigenvalue weighted by Gasteiger charge is 2.52. The molecule has 7 aliphatic rings. The number of imide groups is 1. The van der Waals surface area contributed by atoms with Crippen LogP contribution >= 0.6 is 0 Å². The average Bonchev–Trinajstić information content (AvgIpc) is 4.43. The molecule has 2 bridgehead atoms. The van der Waals surface area contributed by atoms with Crippen molar-refractivity contribution in [3.63, 3.8) is 0 Å². The summed E-state index contributed by atoms with van der Waals surface area (Å²) in [7, 11) is 1.73. The number of likely N-dealkylation sites (tertiary alicyclic amines) is 2. The number of rotatable bonds is 12. The molecule has 0 saturated carbocycles. The van der Waals surface area contributed by atoms with E-state index in [9.17, 15) is 24.3 Å². The number of piperidine rings is 3. The molecule has 19 heteroatoms. The number of ether oxygens (including phenoxy) is 1. The van der Waals surface area contributed by atoms with Crippen LogP contribution in [-0.4, -0.2) is 138 Å². The van der Waals surface area contributed by atoms with Crippen LogP contribution in [0.4, 0.5) is 19.4 Å². The number of carbonyl (C=O) groups excluding carboxylic acids is 2. The standard InChI is InChI=1S/C60H67F2N11O6/c1-3-42-45(61)12-9-38-6-4-7-43(50(38)42)52-51(62)53-44(31-63-52)54(71-33-39-10-11-40(34-71)64-39)67-56(66-53)79-35-60-19-5-23-72(60)41(16-20-60)30-59(21-26-70(27-22-59)58(77)78)29-36-17-24-69(25-18-36)32-37-8-13-46-48(28-37)68(2)57(76)73(46)47-14-15-49(74)65-55(47)75/h1,4,6-9,12-13,28,31,36,39-41,47,64H,5,10-11,14-27,29-30,32-35H2,2H3,(H,77,78)(H,65,74,75)/t39?,40?,41-,47?,60-/m0/s1. The van der Waals surface area contributed by atoms with Gasteiger partial charge in [0.15, 0.2) is 5.82 Å². The van der Waals surface area contributed by atoms with Crippen molar-refractivity contribution in [3.05, 3.63) is 88.0 Å². The van der Waals surface area contributed by atoms with Gasteiger partial charge >= 0.3 is 17.8 Å². The molecule has 0 spiro atoms. The SMILES string of the molecule is C#Cc1c(F)ccc2cccc(-c3ncc4c(N5CC6CCC(C5)N6)nc(OC[C@@]56CCCN5[C@H](CC5(CC7CCN(Cc8ccc9c(c8)n(C)c(=O)n9C8CCC(=O)NC8=O)CC7)CCN(C(=O)O)CC5)CC6)nc4c3F)c12. The lowest BCUT2D eigenvalue weighted by Gasteiger charge is -2.47. The van der Waals surface area contributed by atoms with Gasteiger partial charge < -0.3 is 25.0 Å². The van der Waals surface area contributed by atoms with Crippen LogP contribution in [-0.2, 0) is 23.2 Å². The lowest BCUT2D eigenvalue weighted by atomic mass is 9.67. The van der Waals surface area contributed by atoms with Gasteiger partial charge in [-0.15, -0.1) is 6.42 Å². The van der Waals surface area contributed by atoms with E-state index in [-0.39, 0.29) is 70.3 Å². The summed E-state index contributed by atoms with van der Waals surface area (Å²) in [6.07, 6.45) is 18.9. The maximum atomic E-state index is 17.4. The largest absolute Gasteiger partial charge is 0.465 e. The van der Waals surface area contributed by atoms with Gasteiger partial charge in [0.25, 0.3) is 0 Å². The highest BCUT2D eigenvalue weighted by atomic mass is 19.1. The van der Waals surface area contributed by atoms with Crippen LogP contribution in [0.2, 0.25) is 0 Å². The minimum Gasteiger partial charge on any atom is -0.465 e. The molecule has 3 unspecified atom stereocenters. The second-order valence-electron chi connectivity index (χ2n) is 23.9. The smallest absolute Gasteiger partial charge is 0.407 e. The Labute approximate surface area is 456 Å². The van der Waals surface area contributed by atoms with E-state index in [0.717, 1.165) is 114 Å². The van der Waals surface area contributed by atoms with Crippen molar-refractivity contribution in [1.29, 1.82) is 0 Å². The number of aromatic nitrogens is 5. The zero-order chi connectivity index (χ0) is 54.3. The third kappa shape index (κ3) is 9.26. The number of carbonyl (C=O) groups is 3. The van der Waals surface area contributed by atoms with E-state index in [1.807, 2.05) is 24.3 Å². The second kappa shape index (κ2) is 20.3. The van der Waals surface area contributed by atoms with Gasteiger partial charge in [0.05, 0.1) is 27.5 Å². The fourth-order valence-corrected chi connectivity index (χ4v) is 15.3. The number of benzene rings is 3. The van der Waals surface area contributed by atoms with E-state index < -0.39 is 29.7 Å². The van der Waals surface area contributed by atoms with Crippen LogP contribution in [0.3, 0.4) is 0 Å². The molecule has 0 aliphatic carbocycles. The third-order valence-electron chi connectivity index (χ3n) is 19.3. The number of carboxylic acid groups (broad SMARTS) is 1. The number of terminal acetylenes is 1. The predicted octanol–water partition coefficient (Wildman–Crippen LogP) is 7.50. The first-order valence-electron chi connectivity index (χ1n) is 28.4. The quantitative estimate of drug-likeness (QED) is 0.0810. The maximum absolute atomic E-state index is 17.4. The summed E-state index contributed by atoms with van der Waals surface area (Å²) in [4.78, 5) is 73.9. The molecule has 13 rings (SSSR count). The van der Waals surface area contributed by atoms with E-state index in [4.69, 9.17) is 21.1 Å². The number of hydrogen-bond donors (Lipinski definition) is 3. The molecule has 3 aromatic carbocycles. The molecular formula is C60H67F2N11O6. The molecule has 79 heavy (non-hydrogen) atoms. The van der Waals surface area contributed by atoms with Gasteiger partial charge in [0.1, 0.15) is 35.5 Å². The van der Waals surface area contributed by atoms with Gasteiger partial charge in [-0.25, -0.2) is 18.4 Å². The Balaban J connectivity index is 0.723. The lowest BCUT2D eigenvalue weighted by molar-refractivity contribution is -0.135. The molecular weight excluding hydrogens is 1010 g/mol. The summed E-state index contributed by atoms with van der Waals surface area (Å²) in [5.74, 6) is 1.59. The fraction of sp³-hybridized carbons (Fsp3) is 0.517. The van der Waals surface area contributed by atoms with Gasteiger partial charge in [-0.05, 0) is 144 Å².